The normalized spacial score (nSPS) is 17.6. The van der Waals surface area contributed by atoms with E-state index in [9.17, 15) is 9.59 Å². The van der Waals surface area contributed by atoms with Gasteiger partial charge < -0.3 is 19.7 Å². The molecular formula is C20H30N2O4. The van der Waals surface area contributed by atoms with Gasteiger partial charge in [0.1, 0.15) is 16.9 Å². The third kappa shape index (κ3) is 4.11. The molecule has 0 aliphatic carbocycles. The highest BCUT2D eigenvalue weighted by Crippen LogP contribution is 2.32. The average Bonchev–Trinajstić information content (AvgIpc) is 2.66. The van der Waals surface area contributed by atoms with Gasteiger partial charge in [0.05, 0.1) is 19.9 Å². The lowest BCUT2D eigenvalue weighted by Gasteiger charge is -2.39. The van der Waals surface area contributed by atoms with E-state index in [1.54, 1.807) is 39.2 Å². The van der Waals surface area contributed by atoms with E-state index >= 15 is 0 Å². The molecule has 0 spiro atoms. The SMILES string of the molecule is CCC1CCCCN1C(=O)C(C)(C)C(=O)Nc1cc(OC)ccc1OC. The Bertz CT molecular complexity index is 657. The Labute approximate surface area is 155 Å². The molecule has 1 aliphatic heterocycles. The first kappa shape index (κ1) is 20.1. The van der Waals surface area contributed by atoms with E-state index in [0.717, 1.165) is 32.2 Å². The minimum atomic E-state index is -1.17. The highest BCUT2D eigenvalue weighted by Gasteiger charge is 2.41. The molecule has 1 aliphatic rings. The van der Waals surface area contributed by atoms with Crippen molar-refractivity contribution < 1.29 is 19.1 Å². The van der Waals surface area contributed by atoms with Crippen molar-refractivity contribution in [3.05, 3.63) is 18.2 Å². The first-order valence-electron chi connectivity index (χ1n) is 9.19. The molecule has 1 aromatic carbocycles. The van der Waals surface area contributed by atoms with Gasteiger partial charge in [-0.3, -0.25) is 9.59 Å². The molecule has 144 valence electrons. The Morgan fingerprint density at radius 3 is 2.58 bits per heavy atom. The van der Waals surface area contributed by atoms with E-state index < -0.39 is 5.41 Å². The van der Waals surface area contributed by atoms with Crippen LogP contribution in [0.15, 0.2) is 18.2 Å². The van der Waals surface area contributed by atoms with Gasteiger partial charge in [-0.25, -0.2) is 0 Å². The first-order chi connectivity index (χ1) is 12.3. The fraction of sp³-hybridized carbons (Fsp3) is 0.600. The molecule has 26 heavy (non-hydrogen) atoms. The summed E-state index contributed by atoms with van der Waals surface area (Å²) in [5.41, 5.74) is -0.679. The molecule has 1 aromatic rings. The Hall–Kier alpha value is -2.24. The standard InChI is InChI=1S/C20H30N2O4/c1-6-14-9-7-8-12-22(14)19(24)20(2,3)18(23)21-16-13-15(25-4)10-11-17(16)26-5/h10-11,13-14H,6-9,12H2,1-5H3,(H,21,23). The van der Waals surface area contributed by atoms with E-state index in [2.05, 4.69) is 12.2 Å². The van der Waals surface area contributed by atoms with Gasteiger partial charge in [-0.1, -0.05) is 6.92 Å². The number of amides is 2. The van der Waals surface area contributed by atoms with Crippen molar-refractivity contribution in [2.45, 2.75) is 52.5 Å². The molecule has 1 heterocycles. The monoisotopic (exact) mass is 362 g/mol. The van der Waals surface area contributed by atoms with Crippen LogP contribution in [0.4, 0.5) is 5.69 Å². The molecule has 2 rings (SSSR count). The lowest BCUT2D eigenvalue weighted by molar-refractivity contribution is -0.149. The number of piperidine rings is 1. The fourth-order valence-corrected chi connectivity index (χ4v) is 3.34. The summed E-state index contributed by atoms with van der Waals surface area (Å²) in [6, 6.07) is 5.38. The van der Waals surface area contributed by atoms with Crippen molar-refractivity contribution in [2.75, 3.05) is 26.1 Å². The number of nitrogens with zero attached hydrogens (tertiary/aromatic N) is 1. The predicted molar refractivity (Wildman–Crippen MR) is 102 cm³/mol. The van der Waals surface area contributed by atoms with Crippen molar-refractivity contribution in [3.8, 4) is 11.5 Å². The molecule has 1 atom stereocenters. The van der Waals surface area contributed by atoms with Crippen LogP contribution in [0.1, 0.15) is 46.5 Å². The highest BCUT2D eigenvalue weighted by atomic mass is 16.5. The summed E-state index contributed by atoms with van der Waals surface area (Å²) < 4.78 is 10.5. The van der Waals surface area contributed by atoms with Gasteiger partial charge in [0.2, 0.25) is 11.8 Å². The molecule has 6 heteroatoms. The Balaban J connectivity index is 2.20. The number of carbonyl (C=O) groups excluding carboxylic acids is 2. The fourth-order valence-electron chi connectivity index (χ4n) is 3.34. The molecule has 2 amide bonds. The van der Waals surface area contributed by atoms with Crippen molar-refractivity contribution >= 4 is 17.5 Å². The van der Waals surface area contributed by atoms with E-state index in [4.69, 9.17) is 9.47 Å². The van der Waals surface area contributed by atoms with E-state index in [-0.39, 0.29) is 17.9 Å². The van der Waals surface area contributed by atoms with Gasteiger partial charge in [-0.2, -0.15) is 0 Å². The van der Waals surface area contributed by atoms with Crippen LogP contribution in [0.5, 0.6) is 11.5 Å². The van der Waals surface area contributed by atoms with Crippen LogP contribution in [0.2, 0.25) is 0 Å². The average molecular weight is 362 g/mol. The van der Waals surface area contributed by atoms with Gasteiger partial charge in [0.15, 0.2) is 0 Å². The van der Waals surface area contributed by atoms with Crippen molar-refractivity contribution in [2.24, 2.45) is 5.41 Å². The minimum Gasteiger partial charge on any atom is -0.497 e. The highest BCUT2D eigenvalue weighted by molar-refractivity contribution is 6.10. The maximum absolute atomic E-state index is 13.1. The van der Waals surface area contributed by atoms with Crippen LogP contribution in [0, 0.1) is 5.41 Å². The van der Waals surface area contributed by atoms with Gasteiger partial charge >= 0.3 is 0 Å². The van der Waals surface area contributed by atoms with E-state index in [1.165, 1.54) is 7.11 Å². The maximum Gasteiger partial charge on any atom is 0.239 e. The van der Waals surface area contributed by atoms with Crippen LogP contribution in [-0.4, -0.2) is 43.5 Å². The van der Waals surface area contributed by atoms with E-state index in [0.29, 0.717) is 17.2 Å². The van der Waals surface area contributed by atoms with Crippen LogP contribution in [0.25, 0.3) is 0 Å². The van der Waals surface area contributed by atoms with Crippen LogP contribution in [0.3, 0.4) is 0 Å². The number of rotatable bonds is 6. The van der Waals surface area contributed by atoms with Crippen LogP contribution < -0.4 is 14.8 Å². The predicted octanol–water partition coefficient (Wildman–Crippen LogP) is 3.46. The molecule has 0 aromatic heterocycles. The summed E-state index contributed by atoms with van der Waals surface area (Å²) in [4.78, 5) is 27.9. The zero-order valence-electron chi connectivity index (χ0n) is 16.4. The summed E-state index contributed by atoms with van der Waals surface area (Å²) in [7, 11) is 3.09. The second-order valence-corrected chi connectivity index (χ2v) is 7.20. The largest absolute Gasteiger partial charge is 0.497 e. The quantitative estimate of drug-likeness (QED) is 0.787. The van der Waals surface area contributed by atoms with Crippen LogP contribution in [-0.2, 0) is 9.59 Å². The van der Waals surface area contributed by atoms with Gasteiger partial charge in [0, 0.05) is 18.7 Å². The maximum atomic E-state index is 13.1. The molecule has 1 fully saturated rings. The Morgan fingerprint density at radius 1 is 1.23 bits per heavy atom. The zero-order valence-corrected chi connectivity index (χ0v) is 16.4. The summed E-state index contributed by atoms with van der Waals surface area (Å²) in [6.07, 6.45) is 4.04. The number of anilines is 1. The van der Waals surface area contributed by atoms with Crippen molar-refractivity contribution in [3.63, 3.8) is 0 Å². The van der Waals surface area contributed by atoms with Gasteiger partial charge in [-0.15, -0.1) is 0 Å². The van der Waals surface area contributed by atoms with Crippen molar-refractivity contribution in [1.29, 1.82) is 0 Å². The number of methoxy groups -OCH3 is 2. The molecule has 1 unspecified atom stereocenters. The number of hydrogen-bond donors (Lipinski definition) is 1. The Kier molecular flexibility index (Phi) is 6.51. The third-order valence-corrected chi connectivity index (χ3v) is 5.12. The summed E-state index contributed by atoms with van der Waals surface area (Å²) in [5, 5.41) is 2.84. The minimum absolute atomic E-state index is 0.122. The number of benzene rings is 1. The number of likely N-dealkylation sites (tertiary alicyclic amines) is 1. The Morgan fingerprint density at radius 2 is 1.96 bits per heavy atom. The molecule has 1 saturated heterocycles. The second-order valence-electron chi connectivity index (χ2n) is 7.20. The van der Waals surface area contributed by atoms with Gasteiger partial charge in [0.25, 0.3) is 0 Å². The van der Waals surface area contributed by atoms with Crippen molar-refractivity contribution in [1.82, 2.24) is 4.90 Å². The molecule has 6 nitrogen and oxygen atoms in total. The summed E-state index contributed by atoms with van der Waals surface area (Å²) in [6.45, 7) is 6.16. The second kappa shape index (κ2) is 8.43. The molecule has 1 N–H and O–H groups in total. The topological polar surface area (TPSA) is 67.9 Å². The zero-order chi connectivity index (χ0) is 19.3. The number of hydrogen-bond acceptors (Lipinski definition) is 4. The lowest BCUT2D eigenvalue weighted by Crippen LogP contribution is -2.52. The summed E-state index contributed by atoms with van der Waals surface area (Å²) >= 11 is 0. The lowest BCUT2D eigenvalue weighted by atomic mass is 9.87. The molecule has 0 bridgehead atoms. The molecular weight excluding hydrogens is 332 g/mol. The third-order valence-electron chi connectivity index (χ3n) is 5.12. The number of ether oxygens (including phenoxy) is 2. The molecule has 0 radical (unpaired) electrons. The van der Waals surface area contributed by atoms with Crippen LogP contribution >= 0.6 is 0 Å². The smallest absolute Gasteiger partial charge is 0.239 e. The van der Waals surface area contributed by atoms with Gasteiger partial charge in [-0.05, 0) is 51.7 Å². The number of carbonyl (C=O) groups is 2. The first-order valence-corrected chi connectivity index (χ1v) is 9.19. The summed E-state index contributed by atoms with van der Waals surface area (Å²) in [5.74, 6) is 0.650. The number of nitrogens with one attached hydrogen (secondary N) is 1. The van der Waals surface area contributed by atoms with E-state index in [1.807, 2.05) is 4.90 Å². The molecule has 0 saturated carbocycles.